The highest BCUT2D eigenvalue weighted by atomic mass is 19.4. The number of rotatable bonds is 3. The van der Waals surface area contributed by atoms with Crippen LogP contribution in [0.1, 0.15) is 30.1 Å². The second-order valence-corrected chi connectivity index (χ2v) is 6.87. The number of imidazole rings is 1. The molecule has 4 rings (SSSR count). The lowest BCUT2D eigenvalue weighted by molar-refractivity contribution is -0.141. The van der Waals surface area contributed by atoms with Gasteiger partial charge in [0.2, 0.25) is 0 Å². The molecule has 1 aliphatic heterocycles. The van der Waals surface area contributed by atoms with Crippen LogP contribution in [0, 0.1) is 0 Å². The molecule has 0 unspecified atom stereocenters. The summed E-state index contributed by atoms with van der Waals surface area (Å²) in [7, 11) is 0. The summed E-state index contributed by atoms with van der Waals surface area (Å²) < 4.78 is 39.6. The number of halogens is 3. The van der Waals surface area contributed by atoms with Crippen LogP contribution in [0.4, 0.5) is 13.2 Å². The lowest BCUT2D eigenvalue weighted by Crippen LogP contribution is -2.36. The third-order valence-electron chi connectivity index (χ3n) is 5.07. The first-order valence-corrected chi connectivity index (χ1v) is 8.85. The fraction of sp³-hybridized carbons (Fsp3) is 0.368. The smallest absolute Gasteiger partial charge is 0.306 e. The van der Waals surface area contributed by atoms with Crippen LogP contribution in [0.3, 0.4) is 0 Å². The summed E-state index contributed by atoms with van der Waals surface area (Å²) in [5.41, 5.74) is 1.53. The van der Waals surface area contributed by atoms with Crippen molar-refractivity contribution in [1.82, 2.24) is 19.4 Å². The van der Waals surface area contributed by atoms with Gasteiger partial charge in [-0.3, -0.25) is 14.5 Å². The Labute approximate surface area is 153 Å². The summed E-state index contributed by atoms with van der Waals surface area (Å²) in [6.07, 6.45) is -1.49. The van der Waals surface area contributed by atoms with Crippen molar-refractivity contribution in [1.29, 1.82) is 0 Å². The van der Waals surface area contributed by atoms with Gasteiger partial charge in [-0.25, -0.2) is 4.79 Å². The molecule has 1 fully saturated rings. The number of benzene rings is 1. The highest BCUT2D eigenvalue weighted by Crippen LogP contribution is 2.28. The average Bonchev–Trinajstić information content (AvgIpc) is 2.98. The highest BCUT2D eigenvalue weighted by molar-refractivity contribution is 5.75. The van der Waals surface area contributed by atoms with Crippen LogP contribution in [0.25, 0.3) is 11.0 Å². The Kier molecular flexibility index (Phi) is 4.51. The number of pyridine rings is 1. The SMILES string of the molecule is O=c1[nH]c2ccccc2n1C1CCN(Cc2ccc(C(F)(F)F)nc2)CC1. The topological polar surface area (TPSA) is 53.9 Å². The predicted molar refractivity (Wildman–Crippen MR) is 95.3 cm³/mol. The number of alkyl halides is 3. The van der Waals surface area contributed by atoms with Gasteiger partial charge in [0.05, 0.1) is 11.0 Å². The van der Waals surface area contributed by atoms with Crippen LogP contribution < -0.4 is 5.69 Å². The summed E-state index contributed by atoms with van der Waals surface area (Å²) in [6, 6.07) is 10.3. The summed E-state index contributed by atoms with van der Waals surface area (Å²) in [6.45, 7) is 2.11. The van der Waals surface area contributed by atoms with Gasteiger partial charge < -0.3 is 4.98 Å². The molecule has 1 saturated heterocycles. The zero-order valence-electron chi connectivity index (χ0n) is 14.5. The van der Waals surface area contributed by atoms with Gasteiger partial charge >= 0.3 is 11.9 Å². The van der Waals surface area contributed by atoms with Crippen molar-refractivity contribution in [3.63, 3.8) is 0 Å². The maximum atomic E-state index is 12.6. The van der Waals surface area contributed by atoms with Crippen LogP contribution in [0.15, 0.2) is 47.4 Å². The monoisotopic (exact) mass is 376 g/mol. The minimum atomic E-state index is -4.41. The Balaban J connectivity index is 1.42. The Bertz CT molecular complexity index is 983. The van der Waals surface area contributed by atoms with E-state index in [1.54, 1.807) is 0 Å². The second-order valence-electron chi connectivity index (χ2n) is 6.87. The van der Waals surface area contributed by atoms with Gasteiger partial charge in [-0.15, -0.1) is 0 Å². The highest BCUT2D eigenvalue weighted by Gasteiger charge is 2.32. The molecule has 0 aliphatic carbocycles. The van der Waals surface area contributed by atoms with Gasteiger partial charge in [0, 0.05) is 31.9 Å². The number of piperidine rings is 1. The van der Waals surface area contributed by atoms with Gasteiger partial charge in [-0.2, -0.15) is 13.2 Å². The van der Waals surface area contributed by atoms with Gasteiger partial charge in [0.25, 0.3) is 0 Å². The Morgan fingerprint density at radius 3 is 2.52 bits per heavy atom. The third-order valence-corrected chi connectivity index (χ3v) is 5.07. The fourth-order valence-electron chi connectivity index (χ4n) is 3.72. The summed E-state index contributed by atoms with van der Waals surface area (Å²) in [5, 5.41) is 0. The van der Waals surface area contributed by atoms with Crippen molar-refractivity contribution >= 4 is 11.0 Å². The van der Waals surface area contributed by atoms with Crippen LogP contribution in [-0.4, -0.2) is 32.5 Å². The van der Waals surface area contributed by atoms with Crippen molar-refractivity contribution in [2.45, 2.75) is 31.6 Å². The van der Waals surface area contributed by atoms with E-state index in [9.17, 15) is 18.0 Å². The molecule has 0 spiro atoms. The van der Waals surface area contributed by atoms with Crippen molar-refractivity contribution in [3.8, 4) is 0 Å². The zero-order valence-corrected chi connectivity index (χ0v) is 14.5. The molecular formula is C19H19F3N4O. The normalized spacial score (nSPS) is 16.9. The van der Waals surface area contributed by atoms with Crippen LogP contribution in [-0.2, 0) is 12.7 Å². The molecule has 0 amide bonds. The number of aromatic nitrogens is 3. The van der Waals surface area contributed by atoms with Gasteiger partial charge in [0.15, 0.2) is 0 Å². The van der Waals surface area contributed by atoms with Crippen LogP contribution >= 0.6 is 0 Å². The molecular weight excluding hydrogens is 357 g/mol. The van der Waals surface area contributed by atoms with E-state index in [4.69, 9.17) is 0 Å². The Hall–Kier alpha value is -2.61. The number of hydrogen-bond donors (Lipinski definition) is 1. The molecule has 0 radical (unpaired) electrons. The summed E-state index contributed by atoms with van der Waals surface area (Å²) in [4.78, 5) is 20.9. The van der Waals surface area contributed by atoms with Crippen LogP contribution in [0.5, 0.6) is 0 Å². The number of H-pyrrole nitrogens is 1. The number of hydrogen-bond acceptors (Lipinski definition) is 3. The first-order chi connectivity index (χ1) is 12.9. The molecule has 27 heavy (non-hydrogen) atoms. The molecule has 0 atom stereocenters. The van der Waals surface area contributed by atoms with Crippen LogP contribution in [0.2, 0.25) is 0 Å². The first-order valence-electron chi connectivity index (χ1n) is 8.85. The molecule has 8 heteroatoms. The Morgan fingerprint density at radius 1 is 1.11 bits per heavy atom. The van der Waals surface area contributed by atoms with E-state index in [1.807, 2.05) is 28.8 Å². The largest absolute Gasteiger partial charge is 0.433 e. The van der Waals surface area contributed by atoms with E-state index in [-0.39, 0.29) is 11.7 Å². The number of nitrogens with one attached hydrogen (secondary N) is 1. The van der Waals surface area contributed by atoms with Gasteiger partial charge in [-0.1, -0.05) is 18.2 Å². The van der Waals surface area contributed by atoms with Gasteiger partial charge in [0.1, 0.15) is 5.69 Å². The first kappa shape index (κ1) is 17.8. The summed E-state index contributed by atoms with van der Waals surface area (Å²) >= 11 is 0. The molecule has 3 aromatic rings. The Morgan fingerprint density at radius 2 is 1.85 bits per heavy atom. The second kappa shape index (κ2) is 6.84. The lowest BCUT2D eigenvalue weighted by atomic mass is 10.0. The van der Waals surface area contributed by atoms with E-state index >= 15 is 0 Å². The zero-order chi connectivity index (χ0) is 19.0. The lowest BCUT2D eigenvalue weighted by Gasteiger charge is -2.32. The fourth-order valence-corrected chi connectivity index (χ4v) is 3.72. The van der Waals surface area contributed by atoms with Crippen molar-refractivity contribution in [2.24, 2.45) is 0 Å². The number of aromatic amines is 1. The van der Waals surface area contributed by atoms with E-state index in [0.29, 0.717) is 6.54 Å². The number of nitrogens with zero attached hydrogens (tertiary/aromatic N) is 3. The molecule has 142 valence electrons. The molecule has 1 aromatic carbocycles. The molecule has 1 N–H and O–H groups in total. The van der Waals surface area contributed by atoms with E-state index in [0.717, 1.165) is 48.6 Å². The molecule has 0 saturated carbocycles. The quantitative estimate of drug-likeness (QED) is 0.760. The third kappa shape index (κ3) is 3.62. The molecule has 2 aromatic heterocycles. The number of fused-ring (bicyclic) bond motifs is 1. The molecule has 0 bridgehead atoms. The number of para-hydroxylation sites is 2. The number of likely N-dealkylation sites (tertiary alicyclic amines) is 1. The molecule has 3 heterocycles. The maximum absolute atomic E-state index is 12.6. The van der Waals surface area contributed by atoms with Crippen molar-refractivity contribution in [2.75, 3.05) is 13.1 Å². The van der Waals surface area contributed by atoms with Crippen molar-refractivity contribution < 1.29 is 13.2 Å². The minimum absolute atomic E-state index is 0.0958. The maximum Gasteiger partial charge on any atom is 0.433 e. The van der Waals surface area contributed by atoms with E-state index < -0.39 is 11.9 Å². The predicted octanol–water partition coefficient (Wildman–Crippen LogP) is 3.58. The molecule has 1 aliphatic rings. The minimum Gasteiger partial charge on any atom is -0.306 e. The average molecular weight is 376 g/mol. The summed E-state index contributed by atoms with van der Waals surface area (Å²) in [5.74, 6) is 0. The van der Waals surface area contributed by atoms with E-state index in [1.165, 1.54) is 12.3 Å². The van der Waals surface area contributed by atoms with Crippen molar-refractivity contribution in [3.05, 3.63) is 64.3 Å². The van der Waals surface area contributed by atoms with Gasteiger partial charge in [-0.05, 0) is 36.6 Å². The van der Waals surface area contributed by atoms with E-state index in [2.05, 4.69) is 14.9 Å². The molecule has 5 nitrogen and oxygen atoms in total. The standard InChI is InChI=1S/C19H19F3N4O/c20-19(21,22)17-6-5-13(11-23-17)12-25-9-7-14(8-10-25)26-16-4-2-1-3-15(16)24-18(26)27/h1-6,11,14H,7-10,12H2,(H,24,27).